The lowest BCUT2D eigenvalue weighted by molar-refractivity contribution is -0.385. The van der Waals surface area contributed by atoms with Crippen LogP contribution < -0.4 is 14.8 Å². The average Bonchev–Trinajstić information content (AvgIpc) is 2.91. The average molecular weight is 541 g/mol. The summed E-state index contributed by atoms with van der Waals surface area (Å²) in [4.78, 5) is 34.5. The Morgan fingerprint density at radius 3 is 2.23 bits per heavy atom. The van der Waals surface area contributed by atoms with Crippen LogP contribution in [0.3, 0.4) is 0 Å². The number of rotatable bonds is 8. The van der Waals surface area contributed by atoms with Gasteiger partial charge in [0.25, 0.3) is 5.91 Å². The Hall–Kier alpha value is -5.38. The third kappa shape index (κ3) is 6.89. The Balaban J connectivity index is 1.84. The number of hydrogen-bond donors (Lipinski definition) is 1. The summed E-state index contributed by atoms with van der Waals surface area (Å²) in [6.45, 7) is 0. The van der Waals surface area contributed by atoms with Crippen molar-refractivity contribution >= 4 is 29.3 Å². The normalized spacial score (nSPS) is 11.2. The molecule has 1 amide bonds. The molecule has 0 heterocycles. The number of halogens is 3. The van der Waals surface area contributed by atoms with Crippen molar-refractivity contribution in [2.24, 2.45) is 0 Å². The summed E-state index contributed by atoms with van der Waals surface area (Å²) in [6, 6.07) is 13.5. The van der Waals surface area contributed by atoms with Crippen molar-refractivity contribution in [2.75, 3.05) is 19.5 Å². The van der Waals surface area contributed by atoms with Gasteiger partial charge in [-0.3, -0.25) is 14.9 Å². The first-order valence-corrected chi connectivity index (χ1v) is 10.8. The fourth-order valence-electron chi connectivity index (χ4n) is 3.22. The maximum absolute atomic E-state index is 13.0. The maximum Gasteiger partial charge on any atom is 0.416 e. The molecule has 0 radical (unpaired) electrons. The Morgan fingerprint density at radius 2 is 1.67 bits per heavy atom. The number of nitro groups is 1. The van der Waals surface area contributed by atoms with Crippen molar-refractivity contribution in [3.8, 4) is 23.3 Å². The standard InChI is InChI=1S/C26H18F3N3O7/c1-37-23-12-15(11-17(14-30)24(33)31-19-7-4-16(5-8-19)25(34)38-2)3-9-22(23)39-21-10-6-18(26(27,28)29)13-20(21)32(35)36/h3-13H,1-2H3,(H,31,33)/b17-11+. The zero-order valence-corrected chi connectivity index (χ0v) is 20.2. The van der Waals surface area contributed by atoms with E-state index in [0.29, 0.717) is 23.4 Å². The van der Waals surface area contributed by atoms with E-state index in [2.05, 4.69) is 10.1 Å². The number of ether oxygens (including phenoxy) is 3. The van der Waals surface area contributed by atoms with E-state index in [-0.39, 0.29) is 22.6 Å². The molecule has 0 bridgehead atoms. The quantitative estimate of drug-likeness (QED) is 0.125. The number of methoxy groups -OCH3 is 2. The van der Waals surface area contributed by atoms with Gasteiger partial charge in [-0.25, -0.2) is 4.79 Å². The van der Waals surface area contributed by atoms with E-state index in [9.17, 15) is 38.1 Å². The van der Waals surface area contributed by atoms with Crippen molar-refractivity contribution in [3.63, 3.8) is 0 Å². The van der Waals surface area contributed by atoms with Crippen LogP contribution >= 0.6 is 0 Å². The highest BCUT2D eigenvalue weighted by atomic mass is 19.4. The van der Waals surface area contributed by atoms with Gasteiger partial charge in [0.1, 0.15) is 11.6 Å². The summed E-state index contributed by atoms with van der Waals surface area (Å²) in [7, 11) is 2.49. The maximum atomic E-state index is 13.0. The predicted octanol–water partition coefficient (Wildman–Crippen LogP) is 5.75. The van der Waals surface area contributed by atoms with Gasteiger partial charge in [-0.2, -0.15) is 18.4 Å². The lowest BCUT2D eigenvalue weighted by Crippen LogP contribution is -2.13. The zero-order chi connectivity index (χ0) is 28.7. The largest absolute Gasteiger partial charge is 0.493 e. The van der Waals surface area contributed by atoms with E-state index in [4.69, 9.17) is 9.47 Å². The lowest BCUT2D eigenvalue weighted by Gasteiger charge is -2.13. The van der Waals surface area contributed by atoms with Crippen LogP contribution in [0.4, 0.5) is 24.5 Å². The summed E-state index contributed by atoms with van der Waals surface area (Å²) >= 11 is 0. The number of carbonyl (C=O) groups is 2. The van der Waals surface area contributed by atoms with E-state index in [1.807, 2.05) is 0 Å². The summed E-state index contributed by atoms with van der Waals surface area (Å²) in [5.41, 5.74) is -1.51. The van der Waals surface area contributed by atoms with E-state index < -0.39 is 40.0 Å². The molecular formula is C26H18F3N3O7. The summed E-state index contributed by atoms with van der Waals surface area (Å²) < 4.78 is 54.2. The molecule has 1 N–H and O–H groups in total. The summed E-state index contributed by atoms with van der Waals surface area (Å²) in [6.07, 6.45) is -3.54. The molecule has 0 atom stereocenters. The third-order valence-electron chi connectivity index (χ3n) is 5.13. The number of amides is 1. The molecule has 0 aliphatic carbocycles. The van der Waals surface area contributed by atoms with E-state index in [0.717, 1.165) is 6.07 Å². The van der Waals surface area contributed by atoms with Crippen molar-refractivity contribution in [2.45, 2.75) is 6.18 Å². The number of hydrogen-bond acceptors (Lipinski definition) is 8. The number of benzene rings is 3. The van der Waals surface area contributed by atoms with E-state index >= 15 is 0 Å². The van der Waals surface area contributed by atoms with Crippen molar-refractivity contribution < 1.29 is 41.9 Å². The summed E-state index contributed by atoms with van der Waals surface area (Å²) in [5, 5.41) is 23.3. The highest BCUT2D eigenvalue weighted by Crippen LogP contribution is 2.40. The van der Waals surface area contributed by atoms with Crippen LogP contribution in [0.15, 0.2) is 66.2 Å². The van der Waals surface area contributed by atoms with Gasteiger partial charge in [0.2, 0.25) is 5.75 Å². The highest BCUT2D eigenvalue weighted by Gasteiger charge is 2.33. The van der Waals surface area contributed by atoms with E-state index in [1.54, 1.807) is 6.07 Å². The molecule has 0 unspecified atom stereocenters. The Labute approximate surface area is 219 Å². The fraction of sp³-hybridized carbons (Fsp3) is 0.115. The van der Waals surface area contributed by atoms with Crippen LogP contribution in [0.25, 0.3) is 6.08 Å². The molecular weight excluding hydrogens is 523 g/mol. The number of esters is 1. The van der Waals surface area contributed by atoms with Crippen LogP contribution in [0.2, 0.25) is 0 Å². The Bertz CT molecular complexity index is 1490. The number of nitriles is 1. The minimum atomic E-state index is -4.79. The van der Waals surface area contributed by atoms with Crippen molar-refractivity contribution in [1.82, 2.24) is 0 Å². The molecule has 0 aliphatic rings. The molecule has 0 spiro atoms. The molecule has 0 aliphatic heterocycles. The molecule has 3 aromatic rings. The van der Waals surface area contributed by atoms with Crippen LogP contribution in [0.5, 0.6) is 17.2 Å². The minimum Gasteiger partial charge on any atom is -0.493 e. The Kier molecular flexibility index (Phi) is 8.52. The van der Waals surface area contributed by atoms with Crippen LogP contribution in [-0.2, 0) is 15.7 Å². The number of nitrogens with one attached hydrogen (secondary N) is 1. The second-order valence-corrected chi connectivity index (χ2v) is 7.64. The SMILES string of the molecule is COC(=O)c1ccc(NC(=O)/C(C#N)=C/c2ccc(Oc3ccc(C(F)(F)F)cc3[N+](=O)[O-])c(OC)c2)cc1. The molecule has 39 heavy (non-hydrogen) atoms. The first-order valence-electron chi connectivity index (χ1n) is 10.8. The highest BCUT2D eigenvalue weighted by molar-refractivity contribution is 6.09. The number of carbonyl (C=O) groups excluding carboxylic acids is 2. The minimum absolute atomic E-state index is 0.0223. The molecule has 3 aromatic carbocycles. The molecule has 10 nitrogen and oxygen atoms in total. The molecule has 3 rings (SSSR count). The topological polar surface area (TPSA) is 141 Å². The van der Waals surface area contributed by atoms with E-state index in [1.165, 1.54) is 62.8 Å². The molecule has 0 fully saturated rings. The first-order chi connectivity index (χ1) is 18.5. The predicted molar refractivity (Wildman–Crippen MR) is 131 cm³/mol. The smallest absolute Gasteiger partial charge is 0.416 e. The molecule has 0 saturated carbocycles. The van der Waals surface area contributed by atoms with Gasteiger partial charge in [0.15, 0.2) is 11.5 Å². The van der Waals surface area contributed by atoms with Gasteiger partial charge in [-0.05, 0) is 60.2 Å². The van der Waals surface area contributed by atoms with Crippen LogP contribution in [-0.4, -0.2) is 31.0 Å². The zero-order valence-electron chi connectivity index (χ0n) is 20.2. The van der Waals surface area contributed by atoms with Crippen molar-refractivity contribution in [1.29, 1.82) is 5.26 Å². The van der Waals surface area contributed by atoms with Gasteiger partial charge in [-0.15, -0.1) is 0 Å². The third-order valence-corrected chi connectivity index (χ3v) is 5.13. The molecule has 0 saturated heterocycles. The molecule has 13 heteroatoms. The summed E-state index contributed by atoms with van der Waals surface area (Å²) in [5.74, 6) is -1.80. The number of nitrogens with zero attached hydrogens (tertiary/aromatic N) is 2. The van der Waals surface area contributed by atoms with Gasteiger partial charge >= 0.3 is 17.8 Å². The fourth-order valence-corrected chi connectivity index (χ4v) is 3.22. The van der Waals surface area contributed by atoms with Gasteiger partial charge in [-0.1, -0.05) is 6.07 Å². The van der Waals surface area contributed by atoms with Gasteiger partial charge in [0, 0.05) is 11.8 Å². The lowest BCUT2D eigenvalue weighted by atomic mass is 10.1. The van der Waals surface area contributed by atoms with Gasteiger partial charge < -0.3 is 19.5 Å². The number of alkyl halides is 3. The van der Waals surface area contributed by atoms with Gasteiger partial charge in [0.05, 0.1) is 30.3 Å². The van der Waals surface area contributed by atoms with Crippen molar-refractivity contribution in [3.05, 3.63) is 93.0 Å². The number of nitro benzene ring substituents is 1. The Morgan fingerprint density at radius 1 is 1.00 bits per heavy atom. The van der Waals surface area contributed by atoms with Crippen LogP contribution in [0.1, 0.15) is 21.5 Å². The first kappa shape index (κ1) is 28.2. The molecule has 0 aromatic heterocycles. The number of anilines is 1. The molecule has 200 valence electrons. The second kappa shape index (κ2) is 11.8. The second-order valence-electron chi connectivity index (χ2n) is 7.64. The monoisotopic (exact) mass is 541 g/mol. The van der Waals surface area contributed by atoms with Crippen LogP contribution in [0, 0.1) is 21.4 Å².